The van der Waals surface area contributed by atoms with Gasteiger partial charge in [-0.1, -0.05) is 6.07 Å². The molecule has 0 saturated carbocycles. The summed E-state index contributed by atoms with van der Waals surface area (Å²) in [6, 6.07) is 5.54. The van der Waals surface area contributed by atoms with Crippen molar-refractivity contribution in [2.45, 2.75) is 32.9 Å². The van der Waals surface area contributed by atoms with Crippen molar-refractivity contribution in [2.75, 3.05) is 19.7 Å². The number of benzene rings is 1. The van der Waals surface area contributed by atoms with Crippen molar-refractivity contribution in [1.82, 2.24) is 9.88 Å². The summed E-state index contributed by atoms with van der Waals surface area (Å²) in [5.41, 5.74) is 3.04. The number of piperidine rings is 1. The number of carbonyl (C=O) groups excluding carboxylic acids is 2. The maximum absolute atomic E-state index is 12.8. The van der Waals surface area contributed by atoms with Crippen LogP contribution >= 0.6 is 0 Å². The molecule has 5 nitrogen and oxygen atoms in total. The van der Waals surface area contributed by atoms with Gasteiger partial charge in [0, 0.05) is 24.0 Å². The summed E-state index contributed by atoms with van der Waals surface area (Å²) in [4.78, 5) is 28.4. The SMILES string of the molecule is Cc1cc(C)c2cc(C(=O)OCC(=O)N3CCCC(C(F)(F)F)C3)[nH]c2c1. The molecule has 0 radical (unpaired) electrons. The number of nitrogens with one attached hydrogen (secondary N) is 1. The summed E-state index contributed by atoms with van der Waals surface area (Å²) in [6.07, 6.45) is -4.03. The number of ether oxygens (including phenoxy) is 1. The lowest BCUT2D eigenvalue weighted by molar-refractivity contribution is -0.188. The molecule has 1 unspecified atom stereocenters. The van der Waals surface area contributed by atoms with Gasteiger partial charge in [-0.3, -0.25) is 4.79 Å². The van der Waals surface area contributed by atoms with Gasteiger partial charge in [0.05, 0.1) is 5.92 Å². The smallest absolute Gasteiger partial charge is 0.393 e. The van der Waals surface area contributed by atoms with Gasteiger partial charge in [0.2, 0.25) is 0 Å². The third kappa shape index (κ3) is 4.26. The van der Waals surface area contributed by atoms with E-state index < -0.39 is 30.6 Å². The van der Waals surface area contributed by atoms with Crippen LogP contribution in [0.3, 0.4) is 0 Å². The number of H-pyrrole nitrogens is 1. The Morgan fingerprint density at radius 1 is 1.26 bits per heavy atom. The Hall–Kier alpha value is -2.51. The van der Waals surface area contributed by atoms with Crippen molar-refractivity contribution in [3.63, 3.8) is 0 Å². The monoisotopic (exact) mass is 382 g/mol. The van der Waals surface area contributed by atoms with Gasteiger partial charge in [-0.15, -0.1) is 0 Å². The number of halogens is 3. The molecule has 1 amide bonds. The molecule has 1 aliphatic heterocycles. The molecule has 2 heterocycles. The Bertz CT molecular complexity index is 873. The lowest BCUT2D eigenvalue weighted by Gasteiger charge is -2.33. The second-order valence-corrected chi connectivity index (χ2v) is 7.02. The third-order valence-electron chi connectivity index (χ3n) is 4.87. The van der Waals surface area contributed by atoms with Gasteiger partial charge in [-0.2, -0.15) is 13.2 Å². The van der Waals surface area contributed by atoms with E-state index >= 15 is 0 Å². The fourth-order valence-electron chi connectivity index (χ4n) is 3.48. The highest BCUT2D eigenvalue weighted by Gasteiger charge is 2.42. The van der Waals surface area contributed by atoms with E-state index in [2.05, 4.69) is 4.98 Å². The number of likely N-dealkylation sites (tertiary alicyclic amines) is 1. The van der Waals surface area contributed by atoms with E-state index in [0.717, 1.165) is 26.9 Å². The number of esters is 1. The summed E-state index contributed by atoms with van der Waals surface area (Å²) in [5.74, 6) is -2.84. The van der Waals surface area contributed by atoms with Gasteiger partial charge >= 0.3 is 12.1 Å². The van der Waals surface area contributed by atoms with Crippen LogP contribution in [0.2, 0.25) is 0 Å². The van der Waals surface area contributed by atoms with Crippen LogP contribution < -0.4 is 0 Å². The normalized spacial score (nSPS) is 18.0. The minimum atomic E-state index is -4.32. The summed E-state index contributed by atoms with van der Waals surface area (Å²) < 4.78 is 43.6. The van der Waals surface area contributed by atoms with Crippen LogP contribution in [0.1, 0.15) is 34.5 Å². The molecule has 1 aromatic carbocycles. The summed E-state index contributed by atoms with van der Waals surface area (Å²) in [6.45, 7) is 3.15. The van der Waals surface area contributed by atoms with Crippen LogP contribution in [0.5, 0.6) is 0 Å². The number of carbonyl (C=O) groups is 2. The molecular weight excluding hydrogens is 361 g/mol. The lowest BCUT2D eigenvalue weighted by atomic mass is 9.97. The van der Waals surface area contributed by atoms with E-state index in [-0.39, 0.29) is 31.6 Å². The van der Waals surface area contributed by atoms with Gasteiger partial charge in [-0.05, 0) is 49.9 Å². The fraction of sp³-hybridized carbons (Fsp3) is 0.474. The Labute approximate surface area is 154 Å². The zero-order valence-corrected chi connectivity index (χ0v) is 15.2. The second kappa shape index (κ2) is 7.25. The summed E-state index contributed by atoms with van der Waals surface area (Å²) >= 11 is 0. The number of fused-ring (bicyclic) bond motifs is 1. The first-order valence-corrected chi connectivity index (χ1v) is 8.76. The van der Waals surface area contributed by atoms with E-state index in [4.69, 9.17) is 4.74 Å². The zero-order valence-electron chi connectivity index (χ0n) is 15.2. The Morgan fingerprint density at radius 2 is 2.00 bits per heavy atom. The highest BCUT2D eigenvalue weighted by atomic mass is 19.4. The molecule has 1 fully saturated rings. The predicted octanol–water partition coefficient (Wildman–Crippen LogP) is 3.74. The first kappa shape index (κ1) is 19.3. The van der Waals surface area contributed by atoms with Crippen LogP contribution in [-0.2, 0) is 9.53 Å². The van der Waals surface area contributed by atoms with Gasteiger partial charge < -0.3 is 14.6 Å². The number of hydrogen-bond acceptors (Lipinski definition) is 3. The molecule has 27 heavy (non-hydrogen) atoms. The van der Waals surface area contributed by atoms with Crippen molar-refractivity contribution < 1.29 is 27.5 Å². The van der Waals surface area contributed by atoms with Gasteiger partial charge in [-0.25, -0.2) is 4.79 Å². The topological polar surface area (TPSA) is 62.4 Å². The Kier molecular flexibility index (Phi) is 5.17. The average Bonchev–Trinajstić information content (AvgIpc) is 3.03. The molecule has 2 aromatic rings. The summed E-state index contributed by atoms with van der Waals surface area (Å²) in [7, 11) is 0. The Balaban J connectivity index is 1.62. The molecule has 8 heteroatoms. The van der Waals surface area contributed by atoms with E-state index in [1.165, 1.54) is 0 Å². The Morgan fingerprint density at radius 3 is 2.70 bits per heavy atom. The molecule has 0 spiro atoms. The van der Waals surface area contributed by atoms with Gasteiger partial charge in [0.15, 0.2) is 6.61 Å². The molecule has 1 saturated heterocycles. The maximum Gasteiger partial charge on any atom is 0.393 e. The number of amides is 1. The number of rotatable bonds is 3. The van der Waals surface area contributed by atoms with Crippen LogP contribution in [0, 0.1) is 19.8 Å². The quantitative estimate of drug-likeness (QED) is 0.823. The van der Waals surface area contributed by atoms with Crippen LogP contribution in [0.4, 0.5) is 13.2 Å². The van der Waals surface area contributed by atoms with E-state index in [0.29, 0.717) is 0 Å². The number of aryl methyl sites for hydroxylation is 2. The fourth-order valence-corrected chi connectivity index (χ4v) is 3.48. The molecule has 0 bridgehead atoms. The maximum atomic E-state index is 12.8. The molecule has 3 rings (SSSR count). The minimum absolute atomic E-state index is 0.0148. The number of aromatic nitrogens is 1. The van der Waals surface area contributed by atoms with E-state index in [9.17, 15) is 22.8 Å². The van der Waals surface area contributed by atoms with E-state index in [1.54, 1.807) is 6.07 Å². The third-order valence-corrected chi connectivity index (χ3v) is 4.87. The van der Waals surface area contributed by atoms with Crippen molar-refractivity contribution >= 4 is 22.8 Å². The van der Waals surface area contributed by atoms with Crippen LogP contribution in [0.15, 0.2) is 18.2 Å². The van der Waals surface area contributed by atoms with Crippen molar-refractivity contribution in [1.29, 1.82) is 0 Å². The van der Waals surface area contributed by atoms with Crippen LogP contribution in [-0.4, -0.2) is 47.6 Å². The van der Waals surface area contributed by atoms with Gasteiger partial charge in [0.25, 0.3) is 5.91 Å². The molecule has 146 valence electrons. The van der Waals surface area contributed by atoms with E-state index in [1.807, 2.05) is 26.0 Å². The first-order chi connectivity index (χ1) is 12.6. The molecule has 1 aromatic heterocycles. The molecule has 1 N–H and O–H groups in total. The number of hydrogen-bond donors (Lipinski definition) is 1. The predicted molar refractivity (Wildman–Crippen MR) is 93.4 cm³/mol. The standard InChI is InChI=1S/C19H21F3N2O3/c1-11-6-12(2)14-8-16(23-15(14)7-11)18(26)27-10-17(25)24-5-3-4-13(9-24)19(20,21)22/h6-8,13,23H,3-5,9-10H2,1-2H3. The average molecular weight is 382 g/mol. The zero-order chi connectivity index (χ0) is 19.8. The second-order valence-electron chi connectivity index (χ2n) is 7.02. The molecule has 0 aliphatic carbocycles. The van der Waals surface area contributed by atoms with Crippen molar-refractivity contribution in [3.8, 4) is 0 Å². The number of aromatic amines is 1. The highest BCUT2D eigenvalue weighted by Crippen LogP contribution is 2.33. The van der Waals surface area contributed by atoms with Gasteiger partial charge in [0.1, 0.15) is 5.69 Å². The molecule has 1 atom stereocenters. The minimum Gasteiger partial charge on any atom is -0.451 e. The number of nitrogens with zero attached hydrogens (tertiary/aromatic N) is 1. The van der Waals surface area contributed by atoms with Crippen molar-refractivity contribution in [3.05, 3.63) is 35.0 Å². The summed E-state index contributed by atoms with van der Waals surface area (Å²) in [5, 5.41) is 0.878. The molecule has 1 aliphatic rings. The van der Waals surface area contributed by atoms with Crippen LogP contribution in [0.25, 0.3) is 10.9 Å². The largest absolute Gasteiger partial charge is 0.451 e. The number of alkyl halides is 3. The molecular formula is C19H21F3N2O3. The first-order valence-electron chi connectivity index (χ1n) is 8.76. The lowest BCUT2D eigenvalue weighted by Crippen LogP contribution is -2.46. The van der Waals surface area contributed by atoms with Crippen molar-refractivity contribution in [2.24, 2.45) is 5.92 Å². The highest BCUT2D eigenvalue weighted by molar-refractivity contribution is 5.97.